The zero-order valence-electron chi connectivity index (χ0n) is 13.9. The van der Waals surface area contributed by atoms with Crippen molar-refractivity contribution in [3.8, 4) is 0 Å². The second kappa shape index (κ2) is 9.64. The number of H-pyrrole nitrogens is 1. The van der Waals surface area contributed by atoms with E-state index in [2.05, 4.69) is 25.9 Å². The molecule has 0 fully saturated rings. The fourth-order valence-corrected chi connectivity index (χ4v) is 2.09. The van der Waals surface area contributed by atoms with Crippen molar-refractivity contribution >= 4 is 5.91 Å². The Balaban J connectivity index is 0.00000288. The van der Waals surface area contributed by atoms with Gasteiger partial charge in [0.2, 0.25) is 0 Å². The number of amides is 1. The van der Waals surface area contributed by atoms with Crippen LogP contribution in [-0.4, -0.2) is 47.1 Å². The largest absolute Gasteiger partial charge is 1.00 e. The van der Waals surface area contributed by atoms with E-state index in [4.69, 9.17) is 5.73 Å². The third-order valence-corrected chi connectivity index (χ3v) is 3.22. The van der Waals surface area contributed by atoms with Crippen molar-refractivity contribution in [1.29, 1.82) is 0 Å². The second-order valence-corrected chi connectivity index (χ2v) is 6.24. The first-order chi connectivity index (χ1) is 10.9. The van der Waals surface area contributed by atoms with Crippen LogP contribution >= 0.6 is 0 Å². The molecule has 2 heterocycles. The Morgan fingerprint density at radius 3 is 3.00 bits per heavy atom. The Hall–Kier alpha value is -1.60. The van der Waals surface area contributed by atoms with Gasteiger partial charge in [-0.05, 0) is 20.3 Å². The first-order valence-corrected chi connectivity index (χ1v) is 7.71. The van der Waals surface area contributed by atoms with Crippen molar-refractivity contribution in [3.63, 3.8) is 0 Å². The summed E-state index contributed by atoms with van der Waals surface area (Å²) >= 11 is 0. The van der Waals surface area contributed by atoms with Crippen molar-refractivity contribution in [3.05, 3.63) is 52.8 Å². The Morgan fingerprint density at radius 1 is 1.54 bits per heavy atom. The number of allylic oxidation sites excluding steroid dienone is 2. The second-order valence-electron chi connectivity index (χ2n) is 6.24. The number of hydrogen-bond acceptors (Lipinski definition) is 4. The maximum Gasteiger partial charge on any atom is 1.00 e. The van der Waals surface area contributed by atoms with Gasteiger partial charge in [-0.15, -0.1) is 12.2 Å². The molecule has 1 aromatic rings. The van der Waals surface area contributed by atoms with E-state index < -0.39 is 6.04 Å². The van der Waals surface area contributed by atoms with Gasteiger partial charge in [-0.25, -0.2) is 4.98 Å². The van der Waals surface area contributed by atoms with Crippen LogP contribution in [0, 0.1) is 0 Å². The maximum absolute atomic E-state index is 12.1. The zero-order chi connectivity index (χ0) is 16.7. The molecule has 0 radical (unpaired) electrons. The number of imidazole rings is 1. The molecule has 0 spiro atoms. The molecule has 0 bridgehead atoms. The summed E-state index contributed by atoms with van der Waals surface area (Å²) in [5, 5.41) is 11.7. The fraction of sp³-hybridized carbons (Fsp3) is 0.500. The fourth-order valence-electron chi connectivity index (χ4n) is 2.09. The van der Waals surface area contributed by atoms with Crippen molar-refractivity contribution in [1.82, 2.24) is 15.3 Å². The Kier molecular flexibility index (Phi) is 8.21. The van der Waals surface area contributed by atoms with Crippen LogP contribution in [0.3, 0.4) is 0 Å². The zero-order valence-corrected chi connectivity index (χ0v) is 14.9. The average Bonchev–Trinajstić information content (AvgIpc) is 2.99. The summed E-state index contributed by atoms with van der Waals surface area (Å²) in [7, 11) is 0. The van der Waals surface area contributed by atoms with E-state index in [0.717, 1.165) is 11.4 Å². The Bertz CT molecular complexity index is 562. The molecular weight excluding hydrogens is 356 g/mol. The number of carbonyl (C=O) groups is 1. The van der Waals surface area contributed by atoms with E-state index in [0.29, 0.717) is 26.1 Å². The van der Waals surface area contributed by atoms with Crippen molar-refractivity contribution in [2.75, 3.05) is 19.6 Å². The van der Waals surface area contributed by atoms with Gasteiger partial charge in [0, 0.05) is 30.7 Å². The molecule has 0 saturated carbocycles. The van der Waals surface area contributed by atoms with Crippen LogP contribution in [0.2, 0.25) is 0 Å². The number of rotatable bonds is 8. The van der Waals surface area contributed by atoms with Gasteiger partial charge in [-0.1, -0.05) is 24.3 Å². The van der Waals surface area contributed by atoms with Crippen molar-refractivity contribution in [2.45, 2.75) is 31.8 Å². The summed E-state index contributed by atoms with van der Waals surface area (Å²) in [5.41, 5.74) is 7.37. The Morgan fingerprint density at radius 2 is 2.33 bits per heavy atom. The molecule has 4 N–H and O–H groups in total. The normalized spacial score (nSPS) is 16.8. The molecule has 8 heteroatoms. The smallest absolute Gasteiger partial charge is 0.676 e. The predicted molar refractivity (Wildman–Crippen MR) is 91.0 cm³/mol. The average molecular weight is 380 g/mol. The molecule has 1 amide bonds. The molecule has 1 atom stereocenters. The summed E-state index contributed by atoms with van der Waals surface area (Å²) in [6.45, 7) is 5.59. The molecule has 1 aromatic heterocycles. The van der Waals surface area contributed by atoms with E-state index in [-0.39, 0.29) is 28.5 Å². The first kappa shape index (κ1) is 20.4. The maximum atomic E-state index is 12.1. The molecule has 7 nitrogen and oxygen atoms in total. The van der Waals surface area contributed by atoms with Gasteiger partial charge < -0.3 is 31.5 Å². The molecule has 0 aromatic carbocycles. The first-order valence-electron chi connectivity index (χ1n) is 7.71. The molecule has 1 aliphatic heterocycles. The number of aromatic amines is 1. The number of nitrogens with one attached hydrogen (secondary N) is 2. The SMILES string of the molecule is CC(C)(N)CNCC1=CC=CC(C(=O)[N-]CCc2c[nH]cn2)[N-]1.[Cu+]. The predicted octanol–water partition coefficient (Wildman–Crippen LogP) is 1.37. The van der Waals surface area contributed by atoms with Gasteiger partial charge in [-0.3, -0.25) is 0 Å². The number of nitrogens with two attached hydrogens (primary N) is 1. The topological polar surface area (TPSA) is 112 Å². The van der Waals surface area contributed by atoms with E-state index in [1.165, 1.54) is 0 Å². The molecular formula is C16H24CuN6O-. The summed E-state index contributed by atoms with van der Waals surface area (Å²) < 4.78 is 0. The van der Waals surface area contributed by atoms with Crippen LogP contribution in [0.5, 0.6) is 0 Å². The van der Waals surface area contributed by atoms with Crippen molar-refractivity contribution < 1.29 is 21.9 Å². The third-order valence-electron chi connectivity index (χ3n) is 3.22. The number of nitrogens with zero attached hydrogens (tertiary/aromatic N) is 3. The van der Waals surface area contributed by atoms with E-state index in [1.807, 2.05) is 26.0 Å². The molecule has 136 valence electrons. The summed E-state index contributed by atoms with van der Waals surface area (Å²) in [6, 6.07) is -0.526. The van der Waals surface area contributed by atoms with Gasteiger partial charge >= 0.3 is 17.1 Å². The number of carbonyl (C=O) groups excluding carboxylic acids is 1. The summed E-state index contributed by atoms with van der Waals surface area (Å²) in [6.07, 6.45) is 9.56. The summed E-state index contributed by atoms with van der Waals surface area (Å²) in [5.74, 6) is -0.221. The molecule has 1 aliphatic rings. The molecule has 0 saturated heterocycles. The quantitative estimate of drug-likeness (QED) is 0.592. The number of hydrogen-bond donors (Lipinski definition) is 3. The van der Waals surface area contributed by atoms with Crippen LogP contribution in [-0.2, 0) is 28.3 Å². The molecule has 1 unspecified atom stereocenters. The van der Waals surface area contributed by atoms with Crippen LogP contribution in [0.4, 0.5) is 0 Å². The van der Waals surface area contributed by atoms with Crippen LogP contribution in [0.15, 0.2) is 36.4 Å². The third kappa shape index (κ3) is 7.31. The molecule has 2 rings (SSSR count). The van der Waals surface area contributed by atoms with E-state index in [1.54, 1.807) is 18.6 Å². The molecule has 24 heavy (non-hydrogen) atoms. The van der Waals surface area contributed by atoms with E-state index in [9.17, 15) is 4.79 Å². The minimum absolute atomic E-state index is 0. The minimum Gasteiger partial charge on any atom is -0.676 e. The van der Waals surface area contributed by atoms with Crippen molar-refractivity contribution in [2.24, 2.45) is 5.73 Å². The van der Waals surface area contributed by atoms with Crippen LogP contribution < -0.4 is 11.1 Å². The van der Waals surface area contributed by atoms with Gasteiger partial charge in [0.15, 0.2) is 0 Å². The monoisotopic (exact) mass is 379 g/mol. The summed E-state index contributed by atoms with van der Waals surface area (Å²) in [4.78, 5) is 19.1. The van der Waals surface area contributed by atoms with Gasteiger partial charge in [-0.2, -0.15) is 0 Å². The van der Waals surface area contributed by atoms with Crippen LogP contribution in [0.25, 0.3) is 10.6 Å². The molecule has 0 aliphatic carbocycles. The van der Waals surface area contributed by atoms with Gasteiger partial charge in [0.1, 0.15) is 0 Å². The van der Waals surface area contributed by atoms with Gasteiger partial charge in [0.05, 0.1) is 12.0 Å². The van der Waals surface area contributed by atoms with Gasteiger partial charge in [0.25, 0.3) is 0 Å². The van der Waals surface area contributed by atoms with Crippen LogP contribution in [0.1, 0.15) is 19.5 Å². The van der Waals surface area contributed by atoms with E-state index >= 15 is 0 Å². The minimum atomic E-state index is -0.526. The standard InChI is InChI=1S/C16H25N6O.Cu/c1-16(2,17)10-18-9-13-4-3-5-14(22-13)15(23)20-7-6-12-8-19-11-21-12;/h3-5,8,11,14,18H,6-7,9-10,17H2,1-2H3,(H2,19,20,21,23);/q-1;+1/p-1. The Labute approximate surface area is 153 Å². The number of aromatic nitrogens is 2.